The van der Waals surface area contributed by atoms with Gasteiger partial charge in [-0.25, -0.2) is 0 Å². The van der Waals surface area contributed by atoms with Gasteiger partial charge < -0.3 is 10.0 Å². The van der Waals surface area contributed by atoms with E-state index in [-0.39, 0.29) is 18.1 Å². The lowest BCUT2D eigenvalue weighted by atomic mass is 9.88. The van der Waals surface area contributed by atoms with Gasteiger partial charge in [-0.3, -0.25) is 9.59 Å². The Kier molecular flexibility index (Phi) is 6.39. The first-order chi connectivity index (χ1) is 11.8. The Bertz CT molecular complexity index is 653. The average Bonchev–Trinajstić information content (AvgIpc) is 2.72. The van der Waals surface area contributed by atoms with Gasteiger partial charge in [0.1, 0.15) is 5.78 Å². The van der Waals surface area contributed by atoms with Gasteiger partial charge in [0.2, 0.25) is 0 Å². The van der Waals surface area contributed by atoms with Gasteiger partial charge in [0.05, 0.1) is 5.69 Å². The van der Waals surface area contributed by atoms with Gasteiger partial charge in [-0.1, -0.05) is 56.7 Å². The van der Waals surface area contributed by atoms with E-state index < -0.39 is 5.60 Å². The number of hydrogen-bond acceptors (Lipinski definition) is 3. The van der Waals surface area contributed by atoms with Crippen LogP contribution in [0.25, 0.3) is 0 Å². The summed E-state index contributed by atoms with van der Waals surface area (Å²) >= 11 is 0. The lowest BCUT2D eigenvalue weighted by Crippen LogP contribution is -2.42. The summed E-state index contributed by atoms with van der Waals surface area (Å²) in [6.07, 6.45) is 6.71. The summed E-state index contributed by atoms with van der Waals surface area (Å²) in [7, 11) is 0. The highest BCUT2D eigenvalue weighted by Crippen LogP contribution is 2.45. The molecule has 1 amide bonds. The highest BCUT2D eigenvalue weighted by molar-refractivity contribution is 6.09. The van der Waals surface area contributed by atoms with E-state index in [4.69, 9.17) is 0 Å². The van der Waals surface area contributed by atoms with Gasteiger partial charge in [0.25, 0.3) is 5.91 Å². The Morgan fingerprint density at radius 1 is 1.12 bits per heavy atom. The molecule has 1 atom stereocenters. The van der Waals surface area contributed by atoms with E-state index in [1.54, 1.807) is 4.90 Å². The van der Waals surface area contributed by atoms with Crippen LogP contribution in [-0.2, 0) is 15.2 Å². The lowest BCUT2D eigenvalue weighted by molar-refractivity contribution is -0.141. The third kappa shape index (κ3) is 4.12. The second-order valence-electron chi connectivity index (χ2n) is 7.44. The highest BCUT2D eigenvalue weighted by atomic mass is 16.3. The minimum absolute atomic E-state index is 0.158. The Morgan fingerprint density at radius 3 is 2.40 bits per heavy atom. The fourth-order valence-electron chi connectivity index (χ4n) is 3.87. The van der Waals surface area contributed by atoms with Crippen molar-refractivity contribution in [2.45, 2.75) is 78.2 Å². The van der Waals surface area contributed by atoms with E-state index in [0.29, 0.717) is 12.1 Å². The molecular weight excluding hydrogens is 314 g/mol. The largest absolute Gasteiger partial charge is 0.375 e. The molecule has 0 aliphatic carbocycles. The number of carbonyl (C=O) groups is 2. The van der Waals surface area contributed by atoms with Crippen molar-refractivity contribution in [1.29, 1.82) is 0 Å². The van der Waals surface area contributed by atoms with E-state index in [9.17, 15) is 14.7 Å². The van der Waals surface area contributed by atoms with Gasteiger partial charge in [-0.05, 0) is 32.8 Å². The Morgan fingerprint density at radius 2 is 1.76 bits per heavy atom. The van der Waals surface area contributed by atoms with Crippen LogP contribution in [0.3, 0.4) is 0 Å². The molecule has 1 aromatic rings. The molecule has 138 valence electrons. The number of amides is 1. The van der Waals surface area contributed by atoms with Crippen LogP contribution in [0, 0.1) is 13.8 Å². The quantitative estimate of drug-likeness (QED) is 0.683. The molecule has 0 aromatic heterocycles. The first kappa shape index (κ1) is 19.6. The summed E-state index contributed by atoms with van der Waals surface area (Å²) in [6, 6.07) is 3.88. The molecule has 1 aromatic carbocycles. The van der Waals surface area contributed by atoms with Crippen LogP contribution in [0.15, 0.2) is 12.1 Å². The number of nitrogens with zero attached hydrogens (tertiary/aromatic N) is 1. The summed E-state index contributed by atoms with van der Waals surface area (Å²) in [6.45, 7) is 8.13. The van der Waals surface area contributed by atoms with Crippen molar-refractivity contribution < 1.29 is 14.7 Å². The van der Waals surface area contributed by atoms with Crippen molar-refractivity contribution >= 4 is 17.4 Å². The molecule has 0 fully saturated rings. The van der Waals surface area contributed by atoms with Crippen LogP contribution in [0.5, 0.6) is 0 Å². The van der Waals surface area contributed by atoms with Crippen LogP contribution in [0.4, 0.5) is 5.69 Å². The van der Waals surface area contributed by atoms with E-state index in [1.807, 2.05) is 26.0 Å². The van der Waals surface area contributed by atoms with Crippen LogP contribution >= 0.6 is 0 Å². The van der Waals surface area contributed by atoms with Gasteiger partial charge in [0.15, 0.2) is 5.60 Å². The fraction of sp³-hybridized carbons (Fsp3) is 0.619. The first-order valence-corrected chi connectivity index (χ1v) is 9.46. The van der Waals surface area contributed by atoms with Crippen molar-refractivity contribution in [2.24, 2.45) is 0 Å². The number of hydrogen-bond donors (Lipinski definition) is 1. The van der Waals surface area contributed by atoms with Crippen molar-refractivity contribution in [1.82, 2.24) is 0 Å². The Hall–Kier alpha value is -1.68. The van der Waals surface area contributed by atoms with E-state index in [1.165, 1.54) is 32.6 Å². The second-order valence-corrected chi connectivity index (χ2v) is 7.44. The SMILES string of the molecule is CCCCCCCCN1C(=O)C(O)(CC(C)=O)c2cc(C)cc(C)c21. The number of ketones is 1. The normalized spacial score (nSPS) is 19.4. The van der Waals surface area contributed by atoms with E-state index in [2.05, 4.69) is 6.92 Å². The van der Waals surface area contributed by atoms with Crippen LogP contribution < -0.4 is 4.90 Å². The van der Waals surface area contributed by atoms with Crippen molar-refractivity contribution in [3.05, 3.63) is 28.8 Å². The van der Waals surface area contributed by atoms with Crippen LogP contribution in [0.2, 0.25) is 0 Å². The molecule has 2 rings (SSSR count). The zero-order valence-corrected chi connectivity index (χ0v) is 16.0. The van der Waals surface area contributed by atoms with Gasteiger partial charge in [-0.2, -0.15) is 0 Å². The molecule has 25 heavy (non-hydrogen) atoms. The standard InChI is InChI=1S/C21H31NO3/c1-5-6-7-8-9-10-11-22-19-16(3)12-15(2)13-18(19)21(25,20(22)24)14-17(4)23/h12-13,25H,5-11,14H2,1-4H3. The predicted molar refractivity (Wildman–Crippen MR) is 101 cm³/mol. The molecule has 0 bridgehead atoms. The molecule has 0 radical (unpaired) electrons. The molecular formula is C21H31NO3. The molecule has 0 saturated heterocycles. The summed E-state index contributed by atoms with van der Waals surface area (Å²) in [5.41, 5.74) is 1.66. The number of unbranched alkanes of at least 4 members (excludes halogenated alkanes) is 5. The molecule has 0 saturated carbocycles. The van der Waals surface area contributed by atoms with Crippen molar-refractivity contribution in [3.8, 4) is 0 Å². The zero-order valence-electron chi connectivity index (χ0n) is 16.0. The molecule has 4 nitrogen and oxygen atoms in total. The summed E-state index contributed by atoms with van der Waals surface area (Å²) < 4.78 is 0. The molecule has 1 unspecified atom stereocenters. The number of carbonyl (C=O) groups excluding carboxylic acids is 2. The van der Waals surface area contributed by atoms with E-state index >= 15 is 0 Å². The van der Waals surface area contributed by atoms with E-state index in [0.717, 1.165) is 29.7 Å². The molecule has 0 spiro atoms. The molecule has 4 heteroatoms. The Balaban J connectivity index is 2.22. The topological polar surface area (TPSA) is 57.6 Å². The predicted octanol–water partition coefficient (Wildman–Crippen LogP) is 4.18. The average molecular weight is 345 g/mol. The zero-order chi connectivity index (χ0) is 18.6. The van der Waals surface area contributed by atoms with Crippen molar-refractivity contribution in [3.63, 3.8) is 0 Å². The number of aliphatic hydroxyl groups is 1. The van der Waals surface area contributed by atoms with Crippen molar-refractivity contribution in [2.75, 3.05) is 11.4 Å². The van der Waals surface area contributed by atoms with Crippen LogP contribution in [-0.4, -0.2) is 23.3 Å². The Labute approximate surface area is 151 Å². The third-order valence-electron chi connectivity index (χ3n) is 5.00. The number of aryl methyl sites for hydroxylation is 2. The summed E-state index contributed by atoms with van der Waals surface area (Å²) in [5, 5.41) is 11.1. The summed E-state index contributed by atoms with van der Waals surface area (Å²) in [4.78, 5) is 26.3. The number of fused-ring (bicyclic) bond motifs is 1. The van der Waals surface area contributed by atoms with Crippen LogP contribution in [0.1, 0.15) is 75.5 Å². The molecule has 1 heterocycles. The third-order valence-corrected chi connectivity index (χ3v) is 5.00. The molecule has 1 aliphatic rings. The first-order valence-electron chi connectivity index (χ1n) is 9.46. The molecule has 1 N–H and O–H groups in total. The lowest BCUT2D eigenvalue weighted by Gasteiger charge is -2.22. The minimum atomic E-state index is -1.71. The maximum Gasteiger partial charge on any atom is 0.264 e. The van der Waals surface area contributed by atoms with Gasteiger partial charge >= 0.3 is 0 Å². The number of rotatable bonds is 9. The maximum atomic E-state index is 13.0. The minimum Gasteiger partial charge on any atom is -0.375 e. The maximum absolute atomic E-state index is 13.0. The number of Topliss-reactive ketones (excluding diaryl/α,β-unsaturated/α-hetero) is 1. The van der Waals surface area contributed by atoms with Gasteiger partial charge in [-0.15, -0.1) is 0 Å². The molecule has 1 aliphatic heterocycles. The fourth-order valence-corrected chi connectivity index (χ4v) is 3.87. The summed E-state index contributed by atoms with van der Waals surface area (Å²) in [5.74, 6) is -0.526. The number of benzene rings is 1. The van der Waals surface area contributed by atoms with Gasteiger partial charge in [0, 0.05) is 18.5 Å². The smallest absolute Gasteiger partial charge is 0.264 e. The number of anilines is 1. The monoisotopic (exact) mass is 345 g/mol. The second kappa shape index (κ2) is 8.13. The highest BCUT2D eigenvalue weighted by Gasteiger charge is 2.50.